The molecule has 0 heterocycles. The van der Waals surface area contributed by atoms with Gasteiger partial charge >= 0.3 is 0 Å². The van der Waals surface area contributed by atoms with E-state index >= 15 is 0 Å². The second-order valence-electron chi connectivity index (χ2n) is 4.91. The Balaban J connectivity index is 2.01. The standard InChI is InChI=1S/C17H21N/c1-2-14(11-15-7-4-3-5-8-15)12-16-9-6-10-17(18)13-16/h3-10,13-14H,2,11-12,18H2,1H3. The molecule has 0 aromatic heterocycles. The Morgan fingerprint density at radius 1 is 0.889 bits per heavy atom. The van der Waals surface area contributed by atoms with Crippen molar-refractivity contribution in [1.82, 2.24) is 0 Å². The first-order valence-corrected chi connectivity index (χ1v) is 6.66. The molecule has 2 aromatic carbocycles. The van der Waals surface area contributed by atoms with Crippen molar-refractivity contribution in [2.75, 3.05) is 5.73 Å². The van der Waals surface area contributed by atoms with Crippen LogP contribution in [0.3, 0.4) is 0 Å². The van der Waals surface area contributed by atoms with Crippen LogP contribution in [-0.2, 0) is 12.8 Å². The molecule has 2 aromatic rings. The van der Waals surface area contributed by atoms with E-state index in [0.29, 0.717) is 5.92 Å². The zero-order valence-electron chi connectivity index (χ0n) is 11.0. The van der Waals surface area contributed by atoms with Crippen LogP contribution in [0.1, 0.15) is 24.5 Å². The summed E-state index contributed by atoms with van der Waals surface area (Å²) in [5, 5.41) is 0. The fourth-order valence-electron chi connectivity index (χ4n) is 2.36. The molecule has 0 aliphatic rings. The molecule has 0 aliphatic carbocycles. The third kappa shape index (κ3) is 3.63. The summed E-state index contributed by atoms with van der Waals surface area (Å²) in [5.74, 6) is 0.689. The van der Waals surface area contributed by atoms with Crippen LogP contribution in [0.4, 0.5) is 5.69 Å². The average molecular weight is 239 g/mol. The summed E-state index contributed by atoms with van der Waals surface area (Å²) in [6, 6.07) is 19.0. The van der Waals surface area contributed by atoms with Crippen LogP contribution in [0, 0.1) is 5.92 Å². The summed E-state index contributed by atoms with van der Waals surface area (Å²) in [6.45, 7) is 2.26. The summed E-state index contributed by atoms with van der Waals surface area (Å²) in [6.07, 6.45) is 3.45. The van der Waals surface area contributed by atoms with Gasteiger partial charge in [-0.3, -0.25) is 0 Å². The van der Waals surface area contributed by atoms with Crippen LogP contribution in [0.2, 0.25) is 0 Å². The quantitative estimate of drug-likeness (QED) is 0.782. The molecule has 0 saturated carbocycles. The molecular weight excluding hydrogens is 218 g/mol. The van der Waals surface area contributed by atoms with Crippen molar-refractivity contribution in [3.05, 3.63) is 65.7 Å². The lowest BCUT2D eigenvalue weighted by molar-refractivity contribution is 0.504. The number of benzene rings is 2. The Morgan fingerprint density at radius 3 is 2.22 bits per heavy atom. The van der Waals surface area contributed by atoms with Crippen LogP contribution < -0.4 is 5.73 Å². The molecule has 1 atom stereocenters. The first-order valence-electron chi connectivity index (χ1n) is 6.66. The fraction of sp³-hybridized carbons (Fsp3) is 0.294. The van der Waals surface area contributed by atoms with Gasteiger partial charge in [-0.05, 0) is 42.0 Å². The predicted molar refractivity (Wildman–Crippen MR) is 78.5 cm³/mol. The molecule has 1 unspecified atom stereocenters. The average Bonchev–Trinajstić information content (AvgIpc) is 2.39. The fourth-order valence-corrected chi connectivity index (χ4v) is 2.36. The van der Waals surface area contributed by atoms with E-state index in [4.69, 9.17) is 5.73 Å². The molecular formula is C17H21N. The normalized spacial score (nSPS) is 12.3. The monoisotopic (exact) mass is 239 g/mol. The molecule has 2 rings (SSSR count). The highest BCUT2D eigenvalue weighted by Gasteiger charge is 2.08. The lowest BCUT2D eigenvalue weighted by Gasteiger charge is -2.15. The van der Waals surface area contributed by atoms with Gasteiger partial charge in [-0.15, -0.1) is 0 Å². The van der Waals surface area contributed by atoms with Crippen LogP contribution in [0.5, 0.6) is 0 Å². The molecule has 0 amide bonds. The minimum Gasteiger partial charge on any atom is -0.399 e. The van der Waals surface area contributed by atoms with E-state index in [2.05, 4.69) is 49.4 Å². The molecule has 1 nitrogen and oxygen atoms in total. The maximum absolute atomic E-state index is 5.83. The second kappa shape index (κ2) is 6.25. The van der Waals surface area contributed by atoms with Crippen molar-refractivity contribution >= 4 is 5.69 Å². The van der Waals surface area contributed by atoms with Gasteiger partial charge < -0.3 is 5.73 Å². The van der Waals surface area contributed by atoms with Crippen molar-refractivity contribution in [2.45, 2.75) is 26.2 Å². The van der Waals surface area contributed by atoms with E-state index in [0.717, 1.165) is 18.5 Å². The molecule has 2 N–H and O–H groups in total. The highest BCUT2D eigenvalue weighted by Crippen LogP contribution is 2.19. The summed E-state index contributed by atoms with van der Waals surface area (Å²) in [5.41, 5.74) is 9.46. The zero-order chi connectivity index (χ0) is 12.8. The second-order valence-corrected chi connectivity index (χ2v) is 4.91. The Hall–Kier alpha value is -1.76. The largest absolute Gasteiger partial charge is 0.399 e. The summed E-state index contributed by atoms with van der Waals surface area (Å²) < 4.78 is 0. The van der Waals surface area contributed by atoms with Crippen molar-refractivity contribution in [3.63, 3.8) is 0 Å². The van der Waals surface area contributed by atoms with E-state index in [1.165, 1.54) is 17.5 Å². The predicted octanol–water partition coefficient (Wildman–Crippen LogP) is 4.08. The van der Waals surface area contributed by atoms with Gasteiger partial charge in [-0.25, -0.2) is 0 Å². The number of rotatable bonds is 5. The third-order valence-corrected chi connectivity index (χ3v) is 3.42. The topological polar surface area (TPSA) is 26.0 Å². The number of hydrogen-bond acceptors (Lipinski definition) is 1. The van der Waals surface area contributed by atoms with E-state index in [1.807, 2.05) is 12.1 Å². The number of hydrogen-bond donors (Lipinski definition) is 1. The molecule has 0 radical (unpaired) electrons. The van der Waals surface area contributed by atoms with Crippen molar-refractivity contribution < 1.29 is 0 Å². The number of nitrogens with two attached hydrogens (primary N) is 1. The third-order valence-electron chi connectivity index (χ3n) is 3.42. The van der Waals surface area contributed by atoms with Crippen LogP contribution in [0.25, 0.3) is 0 Å². The summed E-state index contributed by atoms with van der Waals surface area (Å²) in [7, 11) is 0. The van der Waals surface area contributed by atoms with E-state index in [-0.39, 0.29) is 0 Å². The minimum atomic E-state index is 0.689. The molecule has 0 fully saturated rings. The van der Waals surface area contributed by atoms with Gasteiger partial charge in [0.1, 0.15) is 0 Å². The Bertz CT molecular complexity index is 476. The highest BCUT2D eigenvalue weighted by molar-refractivity contribution is 5.40. The van der Waals surface area contributed by atoms with Crippen molar-refractivity contribution in [1.29, 1.82) is 0 Å². The maximum atomic E-state index is 5.83. The van der Waals surface area contributed by atoms with E-state index in [1.54, 1.807) is 0 Å². The van der Waals surface area contributed by atoms with Gasteiger partial charge in [0.25, 0.3) is 0 Å². The lowest BCUT2D eigenvalue weighted by atomic mass is 9.90. The van der Waals surface area contributed by atoms with Gasteiger partial charge in [0.05, 0.1) is 0 Å². The Labute approximate surface area is 110 Å². The summed E-state index contributed by atoms with van der Waals surface area (Å²) in [4.78, 5) is 0. The maximum Gasteiger partial charge on any atom is 0.0316 e. The molecule has 0 spiro atoms. The summed E-state index contributed by atoms with van der Waals surface area (Å²) >= 11 is 0. The Kier molecular flexibility index (Phi) is 4.40. The van der Waals surface area contributed by atoms with Crippen molar-refractivity contribution in [3.8, 4) is 0 Å². The molecule has 0 bridgehead atoms. The molecule has 1 heteroatoms. The molecule has 18 heavy (non-hydrogen) atoms. The van der Waals surface area contributed by atoms with E-state index in [9.17, 15) is 0 Å². The smallest absolute Gasteiger partial charge is 0.0316 e. The number of anilines is 1. The van der Waals surface area contributed by atoms with Gasteiger partial charge in [0.2, 0.25) is 0 Å². The van der Waals surface area contributed by atoms with Crippen LogP contribution in [0.15, 0.2) is 54.6 Å². The molecule has 0 saturated heterocycles. The first-order chi connectivity index (χ1) is 8.78. The SMILES string of the molecule is CCC(Cc1ccccc1)Cc1cccc(N)c1. The van der Waals surface area contributed by atoms with Gasteiger partial charge in [0, 0.05) is 5.69 Å². The van der Waals surface area contributed by atoms with Crippen LogP contribution >= 0.6 is 0 Å². The lowest BCUT2D eigenvalue weighted by Crippen LogP contribution is -2.07. The van der Waals surface area contributed by atoms with E-state index < -0.39 is 0 Å². The zero-order valence-corrected chi connectivity index (χ0v) is 11.0. The van der Waals surface area contributed by atoms with Gasteiger partial charge in [-0.2, -0.15) is 0 Å². The highest BCUT2D eigenvalue weighted by atomic mass is 14.5. The Morgan fingerprint density at radius 2 is 1.56 bits per heavy atom. The first kappa shape index (κ1) is 12.7. The van der Waals surface area contributed by atoms with Gasteiger partial charge in [0.15, 0.2) is 0 Å². The van der Waals surface area contributed by atoms with Crippen LogP contribution in [-0.4, -0.2) is 0 Å². The van der Waals surface area contributed by atoms with Crippen molar-refractivity contribution in [2.24, 2.45) is 5.92 Å². The molecule has 94 valence electrons. The number of nitrogen functional groups attached to an aromatic ring is 1. The molecule has 0 aliphatic heterocycles. The van der Waals surface area contributed by atoms with Gasteiger partial charge in [-0.1, -0.05) is 55.8 Å². The minimum absolute atomic E-state index is 0.689.